The van der Waals surface area contributed by atoms with Gasteiger partial charge in [-0.05, 0) is 77.9 Å². The van der Waals surface area contributed by atoms with E-state index in [-0.39, 0.29) is 12.3 Å². The predicted molar refractivity (Wildman–Crippen MR) is 146 cm³/mol. The molecule has 3 aromatic rings. The molecule has 1 aliphatic rings. The molecule has 0 aromatic heterocycles. The number of nitro benzene ring substituents is 1. The van der Waals surface area contributed by atoms with E-state index in [2.05, 4.69) is 18.2 Å². The lowest BCUT2D eigenvalue weighted by atomic mass is 9.84. The van der Waals surface area contributed by atoms with Gasteiger partial charge in [0, 0.05) is 12.1 Å². The monoisotopic (exact) mass is 536 g/mol. The standard InChI is InChI=1S/C29H26Cl2N2O4/c30-27-17-20(16-24(19-32)23-6-10-25(11-7-23)33(34)35)18-28(31)29(27)37-15-14-36-26-12-8-22(9-13-26)21-4-2-1-3-5-21/h6-13,16-18,21H,1-5,14-15H2/b24-16-. The number of nitro groups is 1. The number of nitriles is 1. The van der Waals surface area contributed by atoms with Gasteiger partial charge in [0.1, 0.15) is 19.0 Å². The highest BCUT2D eigenvalue weighted by Gasteiger charge is 2.15. The molecule has 0 unspecified atom stereocenters. The maximum atomic E-state index is 10.9. The van der Waals surface area contributed by atoms with Crippen LogP contribution in [-0.2, 0) is 0 Å². The largest absolute Gasteiger partial charge is 0.490 e. The molecule has 0 N–H and O–H groups in total. The van der Waals surface area contributed by atoms with Crippen molar-refractivity contribution in [3.8, 4) is 17.6 Å². The summed E-state index contributed by atoms with van der Waals surface area (Å²) in [6, 6.07) is 19.5. The Morgan fingerprint density at radius 1 is 0.973 bits per heavy atom. The summed E-state index contributed by atoms with van der Waals surface area (Å²) < 4.78 is 11.6. The molecule has 1 saturated carbocycles. The minimum atomic E-state index is -0.489. The van der Waals surface area contributed by atoms with Gasteiger partial charge in [-0.1, -0.05) is 54.6 Å². The van der Waals surface area contributed by atoms with Gasteiger partial charge in [-0.15, -0.1) is 0 Å². The summed E-state index contributed by atoms with van der Waals surface area (Å²) in [5, 5.41) is 21.0. The summed E-state index contributed by atoms with van der Waals surface area (Å²) >= 11 is 12.8. The van der Waals surface area contributed by atoms with Gasteiger partial charge in [0.25, 0.3) is 5.69 Å². The normalized spacial score (nSPS) is 14.1. The lowest BCUT2D eigenvalue weighted by Crippen LogP contribution is -2.10. The quantitative estimate of drug-likeness (QED) is 0.0899. The van der Waals surface area contributed by atoms with Crippen LogP contribution in [0.15, 0.2) is 60.7 Å². The van der Waals surface area contributed by atoms with E-state index in [1.165, 1.54) is 61.9 Å². The highest BCUT2D eigenvalue weighted by Crippen LogP contribution is 2.36. The van der Waals surface area contributed by atoms with E-state index in [0.29, 0.717) is 45.0 Å². The lowest BCUT2D eigenvalue weighted by molar-refractivity contribution is -0.384. The Morgan fingerprint density at radius 3 is 2.19 bits per heavy atom. The Kier molecular flexibility index (Phi) is 9.05. The van der Waals surface area contributed by atoms with E-state index < -0.39 is 4.92 Å². The van der Waals surface area contributed by atoms with E-state index in [4.69, 9.17) is 32.7 Å². The van der Waals surface area contributed by atoms with Gasteiger partial charge in [0.2, 0.25) is 0 Å². The number of allylic oxidation sites excluding steroid dienone is 1. The molecule has 1 fully saturated rings. The van der Waals surface area contributed by atoms with Crippen molar-refractivity contribution in [2.45, 2.75) is 38.0 Å². The Hall–Kier alpha value is -3.53. The molecule has 37 heavy (non-hydrogen) atoms. The Bertz CT molecular complexity index is 1290. The molecule has 0 saturated heterocycles. The molecule has 1 aliphatic carbocycles. The summed E-state index contributed by atoms with van der Waals surface area (Å²) in [5.74, 6) is 1.79. The molecule has 6 nitrogen and oxygen atoms in total. The van der Waals surface area contributed by atoms with Crippen LogP contribution in [0, 0.1) is 21.4 Å². The van der Waals surface area contributed by atoms with E-state index in [1.54, 1.807) is 18.2 Å². The number of nitrogens with zero attached hydrogens (tertiary/aromatic N) is 2. The fourth-order valence-corrected chi connectivity index (χ4v) is 5.10. The first-order valence-corrected chi connectivity index (χ1v) is 12.9. The first-order chi connectivity index (χ1) is 17.9. The summed E-state index contributed by atoms with van der Waals surface area (Å²) in [4.78, 5) is 10.4. The zero-order valence-electron chi connectivity index (χ0n) is 20.2. The highest BCUT2D eigenvalue weighted by molar-refractivity contribution is 6.37. The number of hydrogen-bond acceptors (Lipinski definition) is 5. The molecule has 0 bridgehead atoms. The first-order valence-electron chi connectivity index (χ1n) is 12.2. The van der Waals surface area contributed by atoms with Gasteiger partial charge in [-0.3, -0.25) is 10.1 Å². The highest BCUT2D eigenvalue weighted by atomic mass is 35.5. The van der Waals surface area contributed by atoms with Crippen LogP contribution in [0.5, 0.6) is 11.5 Å². The second kappa shape index (κ2) is 12.6. The average Bonchev–Trinajstić information content (AvgIpc) is 2.92. The van der Waals surface area contributed by atoms with Crippen LogP contribution in [0.3, 0.4) is 0 Å². The van der Waals surface area contributed by atoms with Gasteiger partial charge in [-0.2, -0.15) is 5.26 Å². The van der Waals surface area contributed by atoms with Crippen LogP contribution in [-0.4, -0.2) is 18.1 Å². The molecule has 4 rings (SSSR count). The van der Waals surface area contributed by atoms with Crippen molar-refractivity contribution < 1.29 is 14.4 Å². The van der Waals surface area contributed by atoms with E-state index >= 15 is 0 Å². The minimum absolute atomic E-state index is 0.0472. The third-order valence-electron chi connectivity index (χ3n) is 6.40. The molecule has 0 heterocycles. The van der Waals surface area contributed by atoms with Crippen molar-refractivity contribution in [3.63, 3.8) is 0 Å². The van der Waals surface area contributed by atoms with E-state index in [1.807, 2.05) is 12.1 Å². The smallest absolute Gasteiger partial charge is 0.269 e. The van der Waals surface area contributed by atoms with Gasteiger partial charge < -0.3 is 9.47 Å². The zero-order valence-corrected chi connectivity index (χ0v) is 21.7. The topological polar surface area (TPSA) is 85.4 Å². The minimum Gasteiger partial charge on any atom is -0.490 e. The number of non-ortho nitro benzene ring substituents is 1. The van der Waals surface area contributed by atoms with Crippen LogP contribution in [0.1, 0.15) is 54.7 Å². The Balaban J connectivity index is 1.34. The fraction of sp³-hybridized carbons (Fsp3) is 0.276. The lowest BCUT2D eigenvalue weighted by Gasteiger charge is -2.22. The molecule has 0 atom stereocenters. The van der Waals surface area contributed by atoms with Gasteiger partial charge in [0.15, 0.2) is 5.75 Å². The van der Waals surface area contributed by atoms with Crippen LogP contribution < -0.4 is 9.47 Å². The molecule has 8 heteroatoms. The van der Waals surface area contributed by atoms with E-state index in [9.17, 15) is 15.4 Å². The van der Waals surface area contributed by atoms with Crippen LogP contribution in [0.4, 0.5) is 5.69 Å². The van der Waals surface area contributed by atoms with Crippen molar-refractivity contribution >= 4 is 40.5 Å². The second-order valence-electron chi connectivity index (χ2n) is 8.89. The van der Waals surface area contributed by atoms with Gasteiger partial charge in [0.05, 0.1) is 26.6 Å². The number of hydrogen-bond donors (Lipinski definition) is 0. The summed E-state index contributed by atoms with van der Waals surface area (Å²) in [7, 11) is 0. The summed E-state index contributed by atoms with van der Waals surface area (Å²) in [6.07, 6.45) is 8.10. The number of rotatable bonds is 9. The van der Waals surface area contributed by atoms with Crippen molar-refractivity contribution in [3.05, 3.63) is 97.5 Å². The molecular weight excluding hydrogens is 511 g/mol. The number of ether oxygens (including phenoxy) is 2. The molecule has 0 aliphatic heterocycles. The maximum Gasteiger partial charge on any atom is 0.269 e. The molecule has 3 aromatic carbocycles. The third-order valence-corrected chi connectivity index (χ3v) is 6.96. The van der Waals surface area contributed by atoms with Crippen LogP contribution >= 0.6 is 23.2 Å². The zero-order chi connectivity index (χ0) is 26.2. The van der Waals surface area contributed by atoms with Crippen molar-refractivity contribution in [1.82, 2.24) is 0 Å². The SMILES string of the molecule is N#C/C(=C/c1cc(Cl)c(OCCOc2ccc(C3CCCCC3)cc2)c(Cl)c1)c1ccc([N+](=O)[O-])cc1. The molecule has 190 valence electrons. The van der Waals surface area contributed by atoms with Crippen LogP contribution in [0.2, 0.25) is 10.0 Å². The molecule has 0 spiro atoms. The number of benzene rings is 3. The summed E-state index contributed by atoms with van der Waals surface area (Å²) in [5.41, 5.74) is 2.80. The Morgan fingerprint density at radius 2 is 1.59 bits per heavy atom. The second-order valence-corrected chi connectivity index (χ2v) is 9.70. The summed E-state index contributed by atoms with van der Waals surface area (Å²) in [6.45, 7) is 0.584. The van der Waals surface area contributed by atoms with Crippen molar-refractivity contribution in [2.24, 2.45) is 0 Å². The van der Waals surface area contributed by atoms with Crippen molar-refractivity contribution in [2.75, 3.05) is 13.2 Å². The van der Waals surface area contributed by atoms with Crippen LogP contribution in [0.25, 0.3) is 11.6 Å². The van der Waals surface area contributed by atoms with Gasteiger partial charge >= 0.3 is 0 Å². The maximum absolute atomic E-state index is 10.9. The molecule has 0 amide bonds. The Labute approximate surface area is 226 Å². The third kappa shape index (κ3) is 7.03. The average molecular weight is 537 g/mol. The van der Waals surface area contributed by atoms with E-state index in [0.717, 1.165) is 5.75 Å². The first kappa shape index (κ1) is 26.5. The number of halogens is 2. The van der Waals surface area contributed by atoms with Gasteiger partial charge in [-0.25, -0.2) is 0 Å². The fourth-order valence-electron chi connectivity index (χ4n) is 4.49. The predicted octanol–water partition coefficient (Wildman–Crippen LogP) is 8.47. The molecule has 0 radical (unpaired) electrons. The van der Waals surface area contributed by atoms with Crippen molar-refractivity contribution in [1.29, 1.82) is 5.26 Å². The molecular formula is C29H26Cl2N2O4.